The lowest BCUT2D eigenvalue weighted by atomic mass is 9.97. The molecular weight excluding hydrogens is 280 g/mol. The van der Waals surface area contributed by atoms with Gasteiger partial charge < -0.3 is 14.6 Å². The van der Waals surface area contributed by atoms with Crippen LogP contribution in [0.1, 0.15) is 32.6 Å². The number of ether oxygens (including phenoxy) is 2. The molecule has 4 heteroatoms. The number of carbonyl (C=O) groups is 1. The number of phenolic OH excluding ortho intramolecular Hbond substituents is 1. The minimum Gasteiger partial charge on any atom is -0.507 e. The van der Waals surface area contributed by atoms with Crippen molar-refractivity contribution in [2.24, 2.45) is 0 Å². The van der Waals surface area contributed by atoms with E-state index in [0.29, 0.717) is 28.0 Å². The molecule has 0 radical (unpaired) electrons. The maximum atomic E-state index is 12.5. The monoisotopic (exact) mass is 300 g/mol. The molecule has 4 nitrogen and oxygen atoms in total. The fraction of sp³-hybridized carbons (Fsp3) is 0.278. The predicted octanol–water partition coefficient (Wildman–Crippen LogP) is 3.68. The number of aromatic hydroxyl groups is 1. The lowest BCUT2D eigenvalue weighted by Crippen LogP contribution is -2.11. The maximum absolute atomic E-state index is 12.5. The molecular formula is C18H20O4. The second kappa shape index (κ2) is 6.52. The van der Waals surface area contributed by atoms with Gasteiger partial charge in [0.05, 0.1) is 7.11 Å². The number of hydrogen-bond donors (Lipinski definition) is 1. The van der Waals surface area contributed by atoms with Crippen molar-refractivity contribution < 1.29 is 19.4 Å². The zero-order chi connectivity index (χ0) is 16.3. The Bertz CT molecular complexity index is 690. The van der Waals surface area contributed by atoms with Crippen LogP contribution in [0, 0.1) is 20.8 Å². The van der Waals surface area contributed by atoms with E-state index in [-0.39, 0.29) is 12.4 Å². The Balaban J connectivity index is 2.33. The summed E-state index contributed by atoms with van der Waals surface area (Å²) in [6.45, 7) is 5.46. The van der Waals surface area contributed by atoms with Crippen molar-refractivity contribution in [2.45, 2.75) is 27.4 Å². The van der Waals surface area contributed by atoms with Crippen LogP contribution in [-0.2, 0) is 11.3 Å². The smallest absolute Gasteiger partial charge is 0.342 e. The van der Waals surface area contributed by atoms with E-state index in [4.69, 9.17) is 9.47 Å². The lowest BCUT2D eigenvalue weighted by Gasteiger charge is -2.17. The molecule has 0 bridgehead atoms. The zero-order valence-electron chi connectivity index (χ0n) is 13.3. The molecule has 1 N–H and O–H groups in total. The Labute approximate surface area is 130 Å². The summed E-state index contributed by atoms with van der Waals surface area (Å²) >= 11 is 0. The number of hydrogen-bond acceptors (Lipinski definition) is 4. The molecule has 2 aromatic carbocycles. The van der Waals surface area contributed by atoms with Crippen LogP contribution < -0.4 is 4.74 Å². The molecule has 0 fully saturated rings. The quantitative estimate of drug-likeness (QED) is 0.875. The van der Waals surface area contributed by atoms with E-state index >= 15 is 0 Å². The van der Waals surface area contributed by atoms with Crippen LogP contribution in [0.15, 0.2) is 30.3 Å². The molecule has 0 heterocycles. The van der Waals surface area contributed by atoms with E-state index < -0.39 is 5.97 Å². The highest BCUT2D eigenvalue weighted by molar-refractivity contribution is 5.95. The zero-order valence-corrected chi connectivity index (χ0v) is 13.3. The molecule has 0 amide bonds. The van der Waals surface area contributed by atoms with Gasteiger partial charge in [0.15, 0.2) is 0 Å². The van der Waals surface area contributed by atoms with Gasteiger partial charge in [0.1, 0.15) is 23.7 Å². The van der Waals surface area contributed by atoms with Crippen molar-refractivity contribution in [3.05, 3.63) is 58.1 Å². The molecule has 0 aromatic heterocycles. The molecule has 0 aliphatic carbocycles. The molecule has 0 spiro atoms. The first-order valence-corrected chi connectivity index (χ1v) is 7.05. The van der Waals surface area contributed by atoms with Crippen molar-refractivity contribution in [2.75, 3.05) is 7.11 Å². The number of carbonyl (C=O) groups excluding carboxylic acids is 1. The molecule has 2 rings (SSSR count). The first kappa shape index (κ1) is 15.9. The van der Waals surface area contributed by atoms with Crippen molar-refractivity contribution >= 4 is 5.97 Å². The molecule has 0 saturated heterocycles. The second-order valence-electron chi connectivity index (χ2n) is 5.19. The third-order valence-electron chi connectivity index (χ3n) is 3.84. The highest BCUT2D eigenvalue weighted by Crippen LogP contribution is 2.37. The van der Waals surface area contributed by atoms with Crippen LogP contribution in [0.25, 0.3) is 0 Å². The Hall–Kier alpha value is -2.49. The summed E-state index contributed by atoms with van der Waals surface area (Å²) in [6.07, 6.45) is 0. The number of rotatable bonds is 4. The van der Waals surface area contributed by atoms with E-state index in [9.17, 15) is 9.90 Å². The molecule has 0 aliphatic heterocycles. The lowest BCUT2D eigenvalue weighted by molar-refractivity contribution is 0.0468. The standard InChI is InChI=1S/C18H20O4/c1-11-12(2)16(19)13(3)17(21-4)15(11)18(20)22-10-14-8-6-5-7-9-14/h5-9,19H,10H2,1-4H3. The molecule has 0 saturated carbocycles. The summed E-state index contributed by atoms with van der Waals surface area (Å²) in [4.78, 5) is 12.5. The van der Waals surface area contributed by atoms with Crippen LogP contribution in [0.3, 0.4) is 0 Å². The Morgan fingerprint density at radius 1 is 1.05 bits per heavy atom. The molecule has 2 aromatic rings. The minimum atomic E-state index is -0.454. The van der Waals surface area contributed by atoms with Gasteiger partial charge in [0.2, 0.25) is 0 Å². The van der Waals surface area contributed by atoms with Crippen LogP contribution in [0.2, 0.25) is 0 Å². The van der Waals surface area contributed by atoms with E-state index in [1.807, 2.05) is 30.3 Å². The minimum absolute atomic E-state index is 0.147. The third kappa shape index (κ3) is 2.91. The Morgan fingerprint density at radius 3 is 2.27 bits per heavy atom. The molecule has 116 valence electrons. The number of benzene rings is 2. The Kier molecular flexibility index (Phi) is 4.71. The van der Waals surface area contributed by atoms with E-state index in [2.05, 4.69) is 0 Å². The predicted molar refractivity (Wildman–Crippen MR) is 84.4 cm³/mol. The van der Waals surface area contributed by atoms with Gasteiger partial charge in [0, 0.05) is 5.56 Å². The summed E-state index contributed by atoms with van der Waals surface area (Å²) in [5, 5.41) is 10.1. The fourth-order valence-corrected chi connectivity index (χ4v) is 2.41. The number of phenols is 1. The van der Waals surface area contributed by atoms with Gasteiger partial charge in [-0.15, -0.1) is 0 Å². The van der Waals surface area contributed by atoms with Gasteiger partial charge in [-0.3, -0.25) is 0 Å². The second-order valence-corrected chi connectivity index (χ2v) is 5.19. The molecule has 0 unspecified atom stereocenters. The van der Waals surface area contributed by atoms with Gasteiger partial charge in [-0.05, 0) is 37.5 Å². The van der Waals surface area contributed by atoms with Crippen LogP contribution in [-0.4, -0.2) is 18.2 Å². The normalized spacial score (nSPS) is 10.4. The van der Waals surface area contributed by atoms with Gasteiger partial charge in [-0.1, -0.05) is 30.3 Å². The summed E-state index contributed by atoms with van der Waals surface area (Å²) in [7, 11) is 1.48. The summed E-state index contributed by atoms with van der Waals surface area (Å²) < 4.78 is 10.7. The van der Waals surface area contributed by atoms with Crippen molar-refractivity contribution in [3.63, 3.8) is 0 Å². The Morgan fingerprint density at radius 2 is 1.68 bits per heavy atom. The van der Waals surface area contributed by atoms with Crippen LogP contribution >= 0.6 is 0 Å². The first-order chi connectivity index (χ1) is 10.5. The average Bonchev–Trinajstić information content (AvgIpc) is 2.54. The fourth-order valence-electron chi connectivity index (χ4n) is 2.41. The van der Waals surface area contributed by atoms with Crippen LogP contribution in [0.5, 0.6) is 11.5 Å². The summed E-state index contributed by atoms with van der Waals surface area (Å²) in [5.41, 5.74) is 3.14. The van der Waals surface area contributed by atoms with Crippen molar-refractivity contribution in [1.82, 2.24) is 0 Å². The highest BCUT2D eigenvalue weighted by Gasteiger charge is 2.23. The highest BCUT2D eigenvalue weighted by atomic mass is 16.5. The maximum Gasteiger partial charge on any atom is 0.342 e. The summed E-state index contributed by atoms with van der Waals surface area (Å²) in [6, 6.07) is 9.48. The van der Waals surface area contributed by atoms with Gasteiger partial charge in [-0.2, -0.15) is 0 Å². The van der Waals surface area contributed by atoms with Crippen molar-refractivity contribution in [1.29, 1.82) is 0 Å². The third-order valence-corrected chi connectivity index (χ3v) is 3.84. The van der Waals surface area contributed by atoms with Crippen molar-refractivity contribution in [3.8, 4) is 11.5 Å². The average molecular weight is 300 g/mol. The number of methoxy groups -OCH3 is 1. The largest absolute Gasteiger partial charge is 0.507 e. The molecule has 0 aliphatic rings. The van der Waals surface area contributed by atoms with Gasteiger partial charge >= 0.3 is 5.97 Å². The van der Waals surface area contributed by atoms with E-state index in [1.54, 1.807) is 20.8 Å². The van der Waals surface area contributed by atoms with Gasteiger partial charge in [-0.25, -0.2) is 4.79 Å². The molecule has 0 atom stereocenters. The van der Waals surface area contributed by atoms with Gasteiger partial charge in [0.25, 0.3) is 0 Å². The topological polar surface area (TPSA) is 55.8 Å². The SMILES string of the molecule is COc1c(C)c(O)c(C)c(C)c1C(=O)OCc1ccccc1. The first-order valence-electron chi connectivity index (χ1n) is 7.05. The number of esters is 1. The van der Waals surface area contributed by atoms with Crippen LogP contribution in [0.4, 0.5) is 0 Å². The summed E-state index contributed by atoms with van der Waals surface area (Å²) in [5.74, 6) is 0.0528. The molecule has 22 heavy (non-hydrogen) atoms. The van der Waals surface area contributed by atoms with E-state index in [1.165, 1.54) is 7.11 Å². The van der Waals surface area contributed by atoms with E-state index in [0.717, 1.165) is 5.56 Å².